The van der Waals surface area contributed by atoms with E-state index in [0.29, 0.717) is 12.1 Å². The van der Waals surface area contributed by atoms with E-state index in [0.717, 1.165) is 32.5 Å². The van der Waals surface area contributed by atoms with Gasteiger partial charge < -0.3 is 5.11 Å². The molecule has 0 radical (unpaired) electrons. The number of likely N-dealkylation sites (tertiary alicyclic amines) is 1. The highest BCUT2D eigenvalue weighted by Crippen LogP contribution is 2.20. The van der Waals surface area contributed by atoms with Gasteiger partial charge in [0.1, 0.15) is 0 Å². The summed E-state index contributed by atoms with van der Waals surface area (Å²) in [5, 5.41) is 9.01. The highest BCUT2D eigenvalue weighted by atomic mass is 16.4. The largest absolute Gasteiger partial charge is 0.480 e. The number of benzene rings is 1. The van der Waals surface area contributed by atoms with E-state index in [2.05, 4.69) is 47.9 Å². The van der Waals surface area contributed by atoms with E-state index >= 15 is 0 Å². The average Bonchev–Trinajstić information content (AvgIpc) is 2.85. The van der Waals surface area contributed by atoms with Crippen molar-refractivity contribution in [3.63, 3.8) is 0 Å². The van der Waals surface area contributed by atoms with Crippen molar-refractivity contribution in [2.75, 3.05) is 19.6 Å². The van der Waals surface area contributed by atoms with E-state index in [1.807, 2.05) is 6.07 Å². The maximum absolute atomic E-state index is 11.0. The molecule has 1 aliphatic heterocycles. The van der Waals surface area contributed by atoms with Gasteiger partial charge in [-0.05, 0) is 38.8 Å². The number of rotatable bonds is 7. The van der Waals surface area contributed by atoms with Crippen molar-refractivity contribution in [1.29, 1.82) is 0 Å². The van der Waals surface area contributed by atoms with Gasteiger partial charge >= 0.3 is 5.97 Å². The molecule has 21 heavy (non-hydrogen) atoms. The molecular formula is C17H26N2O2. The molecule has 1 heterocycles. The van der Waals surface area contributed by atoms with Crippen LogP contribution in [0.1, 0.15) is 32.3 Å². The van der Waals surface area contributed by atoms with Crippen molar-refractivity contribution in [2.45, 2.75) is 45.3 Å². The average molecular weight is 290 g/mol. The molecule has 2 rings (SSSR count). The van der Waals surface area contributed by atoms with Crippen LogP contribution in [0.5, 0.6) is 0 Å². The fourth-order valence-electron chi connectivity index (χ4n) is 3.03. The second-order valence-corrected chi connectivity index (χ2v) is 6.17. The lowest BCUT2D eigenvalue weighted by atomic mass is 10.1. The molecule has 1 N–H and O–H groups in total. The van der Waals surface area contributed by atoms with Crippen molar-refractivity contribution < 1.29 is 9.90 Å². The lowest BCUT2D eigenvalue weighted by Gasteiger charge is -2.32. The lowest BCUT2D eigenvalue weighted by molar-refractivity contribution is -0.138. The number of carboxylic acid groups (broad SMARTS) is 1. The number of hydrogen-bond donors (Lipinski definition) is 1. The van der Waals surface area contributed by atoms with Gasteiger partial charge in [0.25, 0.3) is 0 Å². The number of nitrogens with zero attached hydrogens (tertiary/aromatic N) is 2. The molecule has 0 saturated carbocycles. The number of carbonyl (C=O) groups is 1. The first-order chi connectivity index (χ1) is 10.1. The minimum atomic E-state index is -0.721. The second-order valence-electron chi connectivity index (χ2n) is 6.17. The molecule has 1 aromatic rings. The van der Waals surface area contributed by atoms with E-state index in [1.165, 1.54) is 5.56 Å². The Morgan fingerprint density at radius 1 is 1.38 bits per heavy atom. The van der Waals surface area contributed by atoms with Gasteiger partial charge in [-0.3, -0.25) is 14.6 Å². The smallest absolute Gasteiger partial charge is 0.317 e. The highest BCUT2D eigenvalue weighted by Gasteiger charge is 2.28. The molecule has 0 unspecified atom stereocenters. The van der Waals surface area contributed by atoms with Gasteiger partial charge in [-0.15, -0.1) is 0 Å². The quantitative estimate of drug-likeness (QED) is 0.837. The molecule has 1 saturated heterocycles. The van der Waals surface area contributed by atoms with Crippen LogP contribution in [-0.4, -0.2) is 52.6 Å². The van der Waals surface area contributed by atoms with Crippen LogP contribution in [0.15, 0.2) is 30.3 Å². The first-order valence-corrected chi connectivity index (χ1v) is 7.80. The van der Waals surface area contributed by atoms with Crippen molar-refractivity contribution in [3.8, 4) is 0 Å². The maximum Gasteiger partial charge on any atom is 0.317 e. The predicted molar refractivity (Wildman–Crippen MR) is 84.2 cm³/mol. The van der Waals surface area contributed by atoms with Crippen LogP contribution < -0.4 is 0 Å². The first-order valence-electron chi connectivity index (χ1n) is 7.80. The molecule has 1 atom stereocenters. The van der Waals surface area contributed by atoms with Crippen LogP contribution in [0.4, 0.5) is 0 Å². The molecule has 4 heteroatoms. The molecule has 1 aromatic carbocycles. The summed E-state index contributed by atoms with van der Waals surface area (Å²) in [7, 11) is 0. The van der Waals surface area contributed by atoms with Gasteiger partial charge in [0, 0.05) is 25.2 Å². The van der Waals surface area contributed by atoms with Gasteiger partial charge in [-0.1, -0.05) is 30.3 Å². The zero-order valence-electron chi connectivity index (χ0n) is 13.0. The second kappa shape index (κ2) is 7.57. The van der Waals surface area contributed by atoms with Crippen molar-refractivity contribution in [3.05, 3.63) is 35.9 Å². The van der Waals surface area contributed by atoms with Crippen molar-refractivity contribution in [2.24, 2.45) is 0 Å². The Kier molecular flexibility index (Phi) is 5.76. The van der Waals surface area contributed by atoms with Gasteiger partial charge in [0.15, 0.2) is 0 Å². The SMILES string of the molecule is CC(C)N(Cc1ccccc1)C[C@H]1CCCN1CC(=O)O. The normalized spacial score (nSPS) is 19.5. The number of hydrogen-bond acceptors (Lipinski definition) is 3. The Labute approximate surface area is 127 Å². The molecule has 1 aliphatic rings. The van der Waals surface area contributed by atoms with Gasteiger partial charge in [-0.25, -0.2) is 0 Å². The third kappa shape index (κ3) is 4.83. The first kappa shape index (κ1) is 16.0. The van der Waals surface area contributed by atoms with Gasteiger partial charge in [0.2, 0.25) is 0 Å². The highest BCUT2D eigenvalue weighted by molar-refractivity contribution is 5.69. The van der Waals surface area contributed by atoms with Gasteiger partial charge in [0.05, 0.1) is 6.54 Å². The van der Waals surface area contributed by atoms with Crippen molar-refractivity contribution in [1.82, 2.24) is 9.80 Å². The summed E-state index contributed by atoms with van der Waals surface area (Å²) in [6.07, 6.45) is 2.21. The third-order valence-corrected chi connectivity index (χ3v) is 4.24. The fraction of sp³-hybridized carbons (Fsp3) is 0.588. The Morgan fingerprint density at radius 2 is 2.10 bits per heavy atom. The summed E-state index contributed by atoms with van der Waals surface area (Å²) in [6.45, 7) is 7.37. The summed E-state index contributed by atoms with van der Waals surface area (Å²) < 4.78 is 0. The molecule has 4 nitrogen and oxygen atoms in total. The van der Waals surface area contributed by atoms with Gasteiger partial charge in [-0.2, -0.15) is 0 Å². The van der Waals surface area contributed by atoms with E-state index in [-0.39, 0.29) is 6.54 Å². The lowest BCUT2D eigenvalue weighted by Crippen LogP contribution is -2.44. The predicted octanol–water partition coefficient (Wildman–Crippen LogP) is 2.45. The molecule has 0 spiro atoms. The molecule has 116 valence electrons. The summed E-state index contributed by atoms with van der Waals surface area (Å²) in [5.74, 6) is -0.721. The molecule has 0 amide bonds. The Hall–Kier alpha value is -1.39. The Morgan fingerprint density at radius 3 is 2.71 bits per heavy atom. The Bertz CT molecular complexity index is 447. The minimum absolute atomic E-state index is 0.169. The van der Waals surface area contributed by atoms with E-state index in [4.69, 9.17) is 5.11 Å². The maximum atomic E-state index is 11.0. The topological polar surface area (TPSA) is 43.8 Å². The monoisotopic (exact) mass is 290 g/mol. The minimum Gasteiger partial charge on any atom is -0.480 e. The van der Waals surface area contributed by atoms with Crippen molar-refractivity contribution >= 4 is 5.97 Å². The van der Waals surface area contributed by atoms with Crippen LogP contribution >= 0.6 is 0 Å². The molecular weight excluding hydrogens is 264 g/mol. The Balaban J connectivity index is 1.97. The van der Waals surface area contributed by atoms with E-state index in [1.54, 1.807) is 0 Å². The summed E-state index contributed by atoms with van der Waals surface area (Å²) in [6, 6.07) is 11.3. The fourth-order valence-corrected chi connectivity index (χ4v) is 3.03. The molecule has 0 aromatic heterocycles. The van der Waals surface area contributed by atoms with Crippen LogP contribution in [0.3, 0.4) is 0 Å². The van der Waals surface area contributed by atoms with E-state index < -0.39 is 5.97 Å². The summed E-state index contributed by atoms with van der Waals surface area (Å²) >= 11 is 0. The third-order valence-electron chi connectivity index (χ3n) is 4.24. The standard InChI is InChI=1S/C17H26N2O2/c1-14(2)19(11-15-7-4-3-5-8-15)12-16-9-6-10-18(16)13-17(20)21/h3-5,7-8,14,16H,6,9-13H2,1-2H3,(H,20,21)/t16-/m1/s1. The summed E-state index contributed by atoms with van der Waals surface area (Å²) in [5.41, 5.74) is 1.31. The molecule has 1 fully saturated rings. The van der Waals surface area contributed by atoms with E-state index in [9.17, 15) is 4.79 Å². The number of aliphatic carboxylic acids is 1. The number of carboxylic acids is 1. The molecule has 0 aliphatic carbocycles. The van der Waals surface area contributed by atoms with Crippen LogP contribution in [0, 0.1) is 0 Å². The molecule has 0 bridgehead atoms. The van der Waals surface area contributed by atoms with Crippen LogP contribution in [-0.2, 0) is 11.3 Å². The zero-order chi connectivity index (χ0) is 15.2. The van der Waals surface area contributed by atoms with Crippen LogP contribution in [0.25, 0.3) is 0 Å². The summed E-state index contributed by atoms with van der Waals surface area (Å²) in [4.78, 5) is 15.5. The zero-order valence-corrected chi connectivity index (χ0v) is 13.0. The van der Waals surface area contributed by atoms with Crippen LogP contribution in [0.2, 0.25) is 0 Å².